The molecule has 0 radical (unpaired) electrons. The van der Waals surface area contributed by atoms with Crippen LogP contribution in [0.2, 0.25) is 0 Å². The summed E-state index contributed by atoms with van der Waals surface area (Å²) in [7, 11) is 0. The van der Waals surface area contributed by atoms with E-state index in [1.54, 1.807) is 0 Å². The number of nitrogens with zero attached hydrogens (tertiary/aromatic N) is 1. The van der Waals surface area contributed by atoms with Crippen LogP contribution in [-0.2, 0) is 0 Å². The van der Waals surface area contributed by atoms with Crippen LogP contribution in [0, 0.1) is 11.8 Å². The van der Waals surface area contributed by atoms with Crippen LogP contribution < -0.4 is 5.32 Å². The van der Waals surface area contributed by atoms with Crippen molar-refractivity contribution in [2.45, 2.75) is 45.6 Å². The maximum atomic E-state index is 3.52. The van der Waals surface area contributed by atoms with E-state index in [-0.39, 0.29) is 0 Å². The van der Waals surface area contributed by atoms with Gasteiger partial charge < -0.3 is 10.2 Å². The first-order chi connectivity index (χ1) is 7.27. The Morgan fingerprint density at radius 3 is 2.73 bits per heavy atom. The predicted octanol–water partition coefficient (Wildman–Crippen LogP) is 2.11. The molecule has 2 nitrogen and oxygen atoms in total. The van der Waals surface area contributed by atoms with E-state index < -0.39 is 0 Å². The fraction of sp³-hybridized carbons (Fsp3) is 1.00. The van der Waals surface area contributed by atoms with Gasteiger partial charge in [-0.25, -0.2) is 0 Å². The van der Waals surface area contributed by atoms with E-state index in [1.165, 1.54) is 51.9 Å². The molecule has 0 amide bonds. The van der Waals surface area contributed by atoms with Gasteiger partial charge in [-0.15, -0.1) is 0 Å². The van der Waals surface area contributed by atoms with Gasteiger partial charge in [0.1, 0.15) is 0 Å². The Bertz CT molecular complexity index is 193. The lowest BCUT2D eigenvalue weighted by Gasteiger charge is -2.30. The predicted molar refractivity (Wildman–Crippen MR) is 65.0 cm³/mol. The van der Waals surface area contributed by atoms with E-state index in [2.05, 4.69) is 24.1 Å². The smallest absolute Gasteiger partial charge is 0.00670 e. The molecule has 0 spiro atoms. The Morgan fingerprint density at radius 1 is 1.13 bits per heavy atom. The van der Waals surface area contributed by atoms with Gasteiger partial charge in [-0.3, -0.25) is 0 Å². The molecular weight excluding hydrogens is 184 g/mol. The minimum atomic E-state index is 0.820. The summed E-state index contributed by atoms with van der Waals surface area (Å²) in [6, 6.07) is 0.820. The fourth-order valence-corrected chi connectivity index (χ4v) is 3.02. The van der Waals surface area contributed by atoms with Gasteiger partial charge in [0.25, 0.3) is 0 Å². The Balaban J connectivity index is 1.85. The highest BCUT2D eigenvalue weighted by atomic mass is 15.2. The highest BCUT2D eigenvalue weighted by Crippen LogP contribution is 2.22. The van der Waals surface area contributed by atoms with Gasteiger partial charge in [-0.1, -0.05) is 19.8 Å². The molecule has 1 N–H and O–H groups in total. The minimum absolute atomic E-state index is 0.820. The molecule has 2 aliphatic rings. The molecule has 2 rings (SSSR count). The van der Waals surface area contributed by atoms with Gasteiger partial charge in [-0.05, 0) is 51.2 Å². The van der Waals surface area contributed by atoms with E-state index in [0.29, 0.717) is 0 Å². The van der Waals surface area contributed by atoms with Crippen LogP contribution in [-0.4, -0.2) is 37.1 Å². The van der Waals surface area contributed by atoms with Gasteiger partial charge in [0.05, 0.1) is 0 Å². The lowest BCUT2D eigenvalue weighted by atomic mass is 9.97. The van der Waals surface area contributed by atoms with Crippen molar-refractivity contribution >= 4 is 0 Å². The number of nitrogens with one attached hydrogen (secondary N) is 1. The monoisotopic (exact) mass is 210 g/mol. The van der Waals surface area contributed by atoms with Gasteiger partial charge in [0.15, 0.2) is 0 Å². The summed E-state index contributed by atoms with van der Waals surface area (Å²) >= 11 is 0. The van der Waals surface area contributed by atoms with Crippen molar-refractivity contribution < 1.29 is 0 Å². The molecule has 2 heterocycles. The molecule has 2 saturated heterocycles. The first kappa shape index (κ1) is 11.4. The van der Waals surface area contributed by atoms with Crippen molar-refractivity contribution in [1.29, 1.82) is 0 Å². The lowest BCUT2D eigenvalue weighted by molar-refractivity contribution is 0.172. The molecule has 0 aromatic rings. The zero-order valence-corrected chi connectivity index (χ0v) is 10.3. The average Bonchev–Trinajstić information content (AvgIpc) is 2.50. The lowest BCUT2D eigenvalue weighted by Crippen LogP contribution is -2.38. The molecule has 15 heavy (non-hydrogen) atoms. The fourth-order valence-electron chi connectivity index (χ4n) is 3.02. The van der Waals surface area contributed by atoms with Crippen molar-refractivity contribution in [3.05, 3.63) is 0 Å². The zero-order valence-electron chi connectivity index (χ0n) is 10.3. The molecule has 2 heteroatoms. The second-order valence-electron chi connectivity index (χ2n) is 5.59. The first-order valence-electron chi connectivity index (χ1n) is 6.72. The van der Waals surface area contributed by atoms with Crippen LogP contribution in [0.4, 0.5) is 0 Å². The summed E-state index contributed by atoms with van der Waals surface area (Å²) in [5.74, 6) is 1.77. The number of hydrogen-bond acceptors (Lipinski definition) is 2. The van der Waals surface area contributed by atoms with Crippen LogP contribution in [0.3, 0.4) is 0 Å². The molecule has 88 valence electrons. The van der Waals surface area contributed by atoms with Crippen LogP contribution in [0.25, 0.3) is 0 Å². The van der Waals surface area contributed by atoms with Gasteiger partial charge in [0, 0.05) is 12.6 Å². The Labute approximate surface area is 94.4 Å². The number of rotatable bonds is 2. The highest BCUT2D eigenvalue weighted by molar-refractivity contribution is 4.83. The average molecular weight is 210 g/mol. The molecule has 0 aromatic heterocycles. The van der Waals surface area contributed by atoms with E-state index in [0.717, 1.165) is 17.9 Å². The van der Waals surface area contributed by atoms with E-state index >= 15 is 0 Å². The molecular formula is C13H26N2. The standard InChI is InChI=1S/C13H26N2/c1-11-8-14-9-13(11)10-15-7-5-3-4-6-12(15)2/h11-14H,3-10H2,1-2H3/t11-,12?,13+/m1/s1. The molecule has 0 aliphatic carbocycles. The van der Waals surface area contributed by atoms with Gasteiger partial charge >= 0.3 is 0 Å². The Morgan fingerprint density at radius 2 is 2.00 bits per heavy atom. The minimum Gasteiger partial charge on any atom is -0.316 e. The third kappa shape index (κ3) is 2.94. The van der Waals surface area contributed by atoms with E-state index in [1.807, 2.05) is 0 Å². The van der Waals surface area contributed by atoms with Crippen LogP contribution in [0.15, 0.2) is 0 Å². The topological polar surface area (TPSA) is 15.3 Å². The summed E-state index contributed by atoms with van der Waals surface area (Å²) < 4.78 is 0. The summed E-state index contributed by atoms with van der Waals surface area (Å²) in [6.45, 7) is 9.95. The number of hydrogen-bond donors (Lipinski definition) is 1. The van der Waals surface area contributed by atoms with Crippen molar-refractivity contribution in [2.75, 3.05) is 26.2 Å². The SMILES string of the molecule is CC1CCCCCN1C[C@@H]1CNC[C@H]1C. The van der Waals surface area contributed by atoms with Crippen LogP contribution >= 0.6 is 0 Å². The second-order valence-corrected chi connectivity index (χ2v) is 5.59. The van der Waals surface area contributed by atoms with E-state index in [4.69, 9.17) is 0 Å². The van der Waals surface area contributed by atoms with Gasteiger partial charge in [0.2, 0.25) is 0 Å². The highest BCUT2D eigenvalue weighted by Gasteiger charge is 2.27. The molecule has 0 aromatic carbocycles. The third-order valence-electron chi connectivity index (χ3n) is 4.34. The van der Waals surface area contributed by atoms with Crippen molar-refractivity contribution in [2.24, 2.45) is 11.8 Å². The molecule has 0 bridgehead atoms. The normalized spacial score (nSPS) is 39.2. The largest absolute Gasteiger partial charge is 0.316 e. The van der Waals surface area contributed by atoms with Gasteiger partial charge in [-0.2, -0.15) is 0 Å². The zero-order chi connectivity index (χ0) is 10.7. The van der Waals surface area contributed by atoms with Crippen molar-refractivity contribution in [3.8, 4) is 0 Å². The Hall–Kier alpha value is -0.0800. The third-order valence-corrected chi connectivity index (χ3v) is 4.34. The number of likely N-dealkylation sites (tertiary alicyclic amines) is 1. The van der Waals surface area contributed by atoms with Crippen molar-refractivity contribution in [1.82, 2.24) is 10.2 Å². The first-order valence-corrected chi connectivity index (χ1v) is 6.72. The maximum Gasteiger partial charge on any atom is 0.00670 e. The summed E-state index contributed by atoms with van der Waals surface area (Å²) in [6.07, 6.45) is 5.71. The second kappa shape index (κ2) is 5.31. The van der Waals surface area contributed by atoms with Crippen LogP contribution in [0.5, 0.6) is 0 Å². The summed E-state index contributed by atoms with van der Waals surface area (Å²) in [5.41, 5.74) is 0. The maximum absolute atomic E-state index is 3.52. The Kier molecular flexibility index (Phi) is 4.04. The van der Waals surface area contributed by atoms with Crippen molar-refractivity contribution in [3.63, 3.8) is 0 Å². The molecule has 2 aliphatic heterocycles. The molecule has 1 unspecified atom stereocenters. The molecule has 3 atom stereocenters. The molecule has 0 saturated carbocycles. The van der Waals surface area contributed by atoms with E-state index in [9.17, 15) is 0 Å². The quantitative estimate of drug-likeness (QED) is 0.751. The summed E-state index contributed by atoms with van der Waals surface area (Å²) in [4.78, 5) is 2.74. The van der Waals surface area contributed by atoms with Crippen LogP contribution in [0.1, 0.15) is 39.5 Å². The summed E-state index contributed by atoms with van der Waals surface area (Å²) in [5, 5.41) is 3.52. The molecule has 2 fully saturated rings.